The Morgan fingerprint density at radius 2 is 1.82 bits per heavy atom. The SMILES string of the molecule is Cc1c(O)cccc1C(=O)N1CCc2nnc(CCc3ccccc3)n2CC1. The third-order valence-electron chi connectivity index (χ3n) is 5.41. The number of aromatic hydroxyl groups is 1. The van der Waals surface area contributed by atoms with E-state index in [9.17, 15) is 9.90 Å². The van der Waals surface area contributed by atoms with E-state index in [4.69, 9.17) is 0 Å². The highest BCUT2D eigenvalue weighted by molar-refractivity contribution is 5.96. The van der Waals surface area contributed by atoms with E-state index >= 15 is 0 Å². The number of rotatable bonds is 4. The maximum absolute atomic E-state index is 13.0. The first-order chi connectivity index (χ1) is 13.6. The molecule has 6 heteroatoms. The van der Waals surface area contributed by atoms with Crippen molar-refractivity contribution in [1.29, 1.82) is 0 Å². The summed E-state index contributed by atoms with van der Waals surface area (Å²) in [6.07, 6.45) is 2.43. The number of phenolic OH excluding ortho intramolecular Hbond substituents is 1. The van der Waals surface area contributed by atoms with Crippen LogP contribution in [0.3, 0.4) is 0 Å². The van der Waals surface area contributed by atoms with E-state index in [1.54, 1.807) is 25.1 Å². The van der Waals surface area contributed by atoms with Crippen molar-refractivity contribution in [3.8, 4) is 5.75 Å². The number of phenols is 1. The molecule has 4 rings (SSSR count). The minimum Gasteiger partial charge on any atom is -0.508 e. The highest BCUT2D eigenvalue weighted by atomic mass is 16.3. The molecular weight excluding hydrogens is 352 g/mol. The second-order valence-corrected chi connectivity index (χ2v) is 7.16. The zero-order valence-electron chi connectivity index (χ0n) is 16.0. The average molecular weight is 376 g/mol. The number of hydrogen-bond acceptors (Lipinski definition) is 4. The van der Waals surface area contributed by atoms with Crippen LogP contribution in [-0.2, 0) is 25.8 Å². The van der Waals surface area contributed by atoms with E-state index in [-0.39, 0.29) is 11.7 Å². The van der Waals surface area contributed by atoms with Gasteiger partial charge in [-0.15, -0.1) is 10.2 Å². The molecule has 0 fully saturated rings. The predicted molar refractivity (Wildman–Crippen MR) is 106 cm³/mol. The lowest BCUT2D eigenvalue weighted by Gasteiger charge is -2.21. The second kappa shape index (κ2) is 7.84. The molecule has 2 aromatic carbocycles. The number of hydrogen-bond donors (Lipinski definition) is 1. The van der Waals surface area contributed by atoms with Crippen LogP contribution in [-0.4, -0.2) is 43.8 Å². The summed E-state index contributed by atoms with van der Waals surface area (Å²) in [4.78, 5) is 14.8. The number of benzene rings is 2. The molecule has 1 N–H and O–H groups in total. The molecule has 1 aliphatic rings. The zero-order chi connectivity index (χ0) is 19.5. The summed E-state index contributed by atoms with van der Waals surface area (Å²) in [7, 11) is 0. The van der Waals surface area contributed by atoms with Gasteiger partial charge < -0.3 is 14.6 Å². The van der Waals surface area contributed by atoms with Crippen LogP contribution in [0.15, 0.2) is 48.5 Å². The third kappa shape index (κ3) is 3.63. The minimum absolute atomic E-state index is 0.0436. The third-order valence-corrected chi connectivity index (χ3v) is 5.41. The van der Waals surface area contributed by atoms with Crippen molar-refractivity contribution >= 4 is 5.91 Å². The molecule has 0 bridgehead atoms. The van der Waals surface area contributed by atoms with Gasteiger partial charge in [0.2, 0.25) is 0 Å². The fraction of sp³-hybridized carbons (Fsp3) is 0.318. The van der Waals surface area contributed by atoms with Crippen molar-refractivity contribution in [3.05, 3.63) is 76.9 Å². The van der Waals surface area contributed by atoms with Gasteiger partial charge in [0.25, 0.3) is 5.91 Å². The number of fused-ring (bicyclic) bond motifs is 1. The van der Waals surface area contributed by atoms with E-state index < -0.39 is 0 Å². The van der Waals surface area contributed by atoms with Crippen LogP contribution >= 0.6 is 0 Å². The van der Waals surface area contributed by atoms with Gasteiger partial charge in [0, 0.05) is 43.6 Å². The highest BCUT2D eigenvalue weighted by Gasteiger charge is 2.24. The molecule has 0 saturated heterocycles. The average Bonchev–Trinajstić information content (AvgIpc) is 2.98. The quantitative estimate of drug-likeness (QED) is 0.760. The molecule has 3 aromatic rings. The van der Waals surface area contributed by atoms with Gasteiger partial charge in [-0.1, -0.05) is 36.4 Å². The molecule has 0 unspecified atom stereocenters. The fourth-order valence-electron chi connectivity index (χ4n) is 3.70. The van der Waals surface area contributed by atoms with Crippen molar-refractivity contribution in [1.82, 2.24) is 19.7 Å². The standard InChI is InChI=1S/C22H24N4O2/c1-16-18(8-5-9-19(16)27)22(28)25-13-12-21-24-23-20(26(21)15-14-25)11-10-17-6-3-2-4-7-17/h2-9,27H,10-15H2,1H3. The van der Waals surface area contributed by atoms with Gasteiger partial charge >= 0.3 is 0 Å². The van der Waals surface area contributed by atoms with E-state index in [2.05, 4.69) is 26.9 Å². The molecule has 0 spiro atoms. The summed E-state index contributed by atoms with van der Waals surface area (Å²) >= 11 is 0. The van der Waals surface area contributed by atoms with Crippen LogP contribution in [0.1, 0.15) is 33.1 Å². The van der Waals surface area contributed by atoms with Crippen LogP contribution in [0.25, 0.3) is 0 Å². The molecule has 0 saturated carbocycles. The monoisotopic (exact) mass is 376 g/mol. The van der Waals surface area contributed by atoms with Crippen molar-refractivity contribution in [2.75, 3.05) is 13.1 Å². The number of aryl methyl sites for hydroxylation is 2. The molecule has 0 atom stereocenters. The molecule has 28 heavy (non-hydrogen) atoms. The lowest BCUT2D eigenvalue weighted by atomic mass is 10.1. The Balaban J connectivity index is 1.46. The van der Waals surface area contributed by atoms with Gasteiger partial charge in [0.05, 0.1) is 0 Å². The lowest BCUT2D eigenvalue weighted by molar-refractivity contribution is 0.0757. The van der Waals surface area contributed by atoms with Crippen molar-refractivity contribution in [3.63, 3.8) is 0 Å². The summed E-state index contributed by atoms with van der Waals surface area (Å²) in [6, 6.07) is 15.5. The van der Waals surface area contributed by atoms with E-state index in [0.717, 1.165) is 24.5 Å². The maximum atomic E-state index is 13.0. The first-order valence-electron chi connectivity index (χ1n) is 9.66. The largest absolute Gasteiger partial charge is 0.508 e. The Hall–Kier alpha value is -3.15. The molecule has 1 aromatic heterocycles. The first kappa shape index (κ1) is 18.2. The van der Waals surface area contributed by atoms with E-state index in [1.165, 1.54) is 5.56 Å². The Morgan fingerprint density at radius 1 is 1.00 bits per heavy atom. The lowest BCUT2D eigenvalue weighted by Crippen LogP contribution is -2.34. The molecule has 0 aliphatic carbocycles. The summed E-state index contributed by atoms with van der Waals surface area (Å²) in [5, 5.41) is 18.7. The highest BCUT2D eigenvalue weighted by Crippen LogP contribution is 2.22. The molecule has 0 radical (unpaired) electrons. The number of carbonyl (C=O) groups is 1. The molecule has 6 nitrogen and oxygen atoms in total. The van der Waals surface area contributed by atoms with Crippen molar-refractivity contribution in [2.24, 2.45) is 0 Å². The second-order valence-electron chi connectivity index (χ2n) is 7.16. The van der Waals surface area contributed by atoms with Crippen LogP contribution in [0.4, 0.5) is 0 Å². The molecular formula is C22H24N4O2. The molecule has 1 aliphatic heterocycles. The maximum Gasteiger partial charge on any atom is 0.254 e. The summed E-state index contributed by atoms with van der Waals surface area (Å²) in [6.45, 7) is 3.68. The van der Waals surface area contributed by atoms with Gasteiger partial charge in [0.1, 0.15) is 17.4 Å². The Kier molecular flexibility index (Phi) is 5.10. The number of amides is 1. The molecule has 144 valence electrons. The first-order valence-corrected chi connectivity index (χ1v) is 9.66. The zero-order valence-corrected chi connectivity index (χ0v) is 16.0. The van der Waals surface area contributed by atoms with Gasteiger partial charge in [-0.25, -0.2) is 0 Å². The smallest absolute Gasteiger partial charge is 0.254 e. The summed E-state index contributed by atoms with van der Waals surface area (Å²) < 4.78 is 2.16. The van der Waals surface area contributed by atoms with Crippen LogP contribution in [0, 0.1) is 6.92 Å². The molecule has 2 heterocycles. The van der Waals surface area contributed by atoms with Gasteiger partial charge in [-0.05, 0) is 31.0 Å². The number of aromatic nitrogens is 3. The van der Waals surface area contributed by atoms with Crippen LogP contribution in [0.2, 0.25) is 0 Å². The van der Waals surface area contributed by atoms with Gasteiger partial charge in [0.15, 0.2) is 0 Å². The minimum atomic E-state index is -0.0436. The van der Waals surface area contributed by atoms with Crippen molar-refractivity contribution < 1.29 is 9.90 Å². The summed E-state index contributed by atoms with van der Waals surface area (Å²) in [5.74, 6) is 2.02. The van der Waals surface area contributed by atoms with Crippen molar-refractivity contribution in [2.45, 2.75) is 32.7 Å². The topological polar surface area (TPSA) is 71.2 Å². The normalized spacial score (nSPS) is 13.8. The van der Waals surface area contributed by atoms with E-state index in [0.29, 0.717) is 37.2 Å². The Bertz CT molecular complexity index is 981. The summed E-state index contributed by atoms with van der Waals surface area (Å²) in [5.41, 5.74) is 2.46. The van der Waals surface area contributed by atoms with Gasteiger partial charge in [-0.3, -0.25) is 4.79 Å². The Morgan fingerprint density at radius 3 is 2.64 bits per heavy atom. The Labute approximate surface area is 164 Å². The number of nitrogens with zero attached hydrogens (tertiary/aromatic N) is 4. The predicted octanol–water partition coefficient (Wildman–Crippen LogP) is 2.78. The van der Waals surface area contributed by atoms with Crippen LogP contribution < -0.4 is 0 Å². The fourth-order valence-corrected chi connectivity index (χ4v) is 3.70. The van der Waals surface area contributed by atoms with E-state index in [1.807, 2.05) is 23.1 Å². The van der Waals surface area contributed by atoms with Crippen LogP contribution in [0.5, 0.6) is 5.75 Å². The number of carbonyl (C=O) groups excluding carboxylic acids is 1. The van der Waals surface area contributed by atoms with Gasteiger partial charge in [-0.2, -0.15) is 0 Å². The molecule has 1 amide bonds.